The first kappa shape index (κ1) is 13.8. The molecule has 3 heteroatoms. The van der Waals surface area contributed by atoms with Crippen LogP contribution < -0.4 is 0 Å². The van der Waals surface area contributed by atoms with E-state index in [1.165, 1.54) is 12.8 Å². The second-order valence-corrected chi connectivity index (χ2v) is 4.71. The summed E-state index contributed by atoms with van der Waals surface area (Å²) in [5.74, 6) is 0.457. The molecule has 0 aromatic heterocycles. The lowest BCUT2D eigenvalue weighted by molar-refractivity contribution is -0.130. The van der Waals surface area contributed by atoms with Gasteiger partial charge in [0.2, 0.25) is 5.91 Å². The zero-order chi connectivity index (χ0) is 11.1. The summed E-state index contributed by atoms with van der Waals surface area (Å²) in [5, 5.41) is -0.151. The number of hydrogen-bond acceptors (Lipinski definition) is 2. The summed E-state index contributed by atoms with van der Waals surface area (Å²) in [7, 11) is 1.86. The van der Waals surface area contributed by atoms with E-state index >= 15 is 0 Å². The fraction of sp³-hybridized carbons (Fsp3) is 0.909. The zero-order valence-corrected chi connectivity index (χ0v) is 10.7. The van der Waals surface area contributed by atoms with Gasteiger partial charge in [-0.3, -0.25) is 4.79 Å². The van der Waals surface area contributed by atoms with Gasteiger partial charge in [-0.25, -0.2) is 0 Å². The number of unbranched alkanes of at least 4 members (excludes halogenated alkanes) is 2. The van der Waals surface area contributed by atoms with E-state index in [4.69, 9.17) is 0 Å². The summed E-state index contributed by atoms with van der Waals surface area (Å²) in [4.78, 5) is 13.5. The highest BCUT2D eigenvalue weighted by Gasteiger charge is 2.20. The maximum atomic E-state index is 11.7. The summed E-state index contributed by atoms with van der Waals surface area (Å²) in [5.41, 5.74) is 0. The average Bonchev–Trinajstić information content (AvgIpc) is 2.15. The normalized spacial score (nSPS) is 13.0. The number of nitrogens with zero attached hydrogens (tertiary/aromatic N) is 1. The highest BCUT2D eigenvalue weighted by Crippen LogP contribution is 2.12. The van der Waals surface area contributed by atoms with Crippen LogP contribution in [0.1, 0.15) is 40.0 Å². The van der Waals surface area contributed by atoms with Crippen LogP contribution in [0, 0.1) is 5.92 Å². The van der Waals surface area contributed by atoms with Gasteiger partial charge in [0.05, 0.1) is 5.25 Å². The molecule has 0 N–H and O–H groups in total. The van der Waals surface area contributed by atoms with Crippen molar-refractivity contribution in [1.82, 2.24) is 4.90 Å². The molecule has 14 heavy (non-hydrogen) atoms. The molecule has 1 unspecified atom stereocenters. The second-order valence-electron chi connectivity index (χ2n) is 4.16. The first-order valence-corrected chi connectivity index (χ1v) is 5.95. The SMILES string of the molecule is CCCCCN(C)C(=O)C(S)C(C)C. The monoisotopic (exact) mass is 217 g/mol. The molecule has 0 aliphatic carbocycles. The lowest BCUT2D eigenvalue weighted by atomic mass is 10.1. The molecule has 0 radical (unpaired) electrons. The lowest BCUT2D eigenvalue weighted by Gasteiger charge is -2.22. The minimum Gasteiger partial charge on any atom is -0.345 e. The molecule has 0 heterocycles. The molecule has 0 aromatic carbocycles. The Labute approximate surface area is 93.5 Å². The average molecular weight is 217 g/mol. The molecular formula is C11H23NOS. The summed E-state index contributed by atoms with van der Waals surface area (Å²) in [6.07, 6.45) is 3.48. The van der Waals surface area contributed by atoms with Crippen molar-refractivity contribution >= 4 is 18.5 Å². The van der Waals surface area contributed by atoms with Gasteiger partial charge in [-0.1, -0.05) is 33.6 Å². The van der Waals surface area contributed by atoms with E-state index < -0.39 is 0 Å². The van der Waals surface area contributed by atoms with E-state index in [0.717, 1.165) is 13.0 Å². The van der Waals surface area contributed by atoms with Crippen LogP contribution in [-0.2, 0) is 4.79 Å². The first-order valence-electron chi connectivity index (χ1n) is 5.43. The smallest absolute Gasteiger partial charge is 0.235 e. The molecule has 1 atom stereocenters. The number of hydrogen-bond donors (Lipinski definition) is 1. The van der Waals surface area contributed by atoms with Crippen molar-refractivity contribution in [2.45, 2.75) is 45.3 Å². The second kappa shape index (κ2) is 7.16. The van der Waals surface area contributed by atoms with E-state index in [0.29, 0.717) is 5.92 Å². The van der Waals surface area contributed by atoms with Gasteiger partial charge >= 0.3 is 0 Å². The Hall–Kier alpha value is -0.180. The summed E-state index contributed by atoms with van der Waals surface area (Å²) >= 11 is 4.31. The Balaban J connectivity index is 3.86. The third-order valence-electron chi connectivity index (χ3n) is 2.36. The van der Waals surface area contributed by atoms with E-state index in [9.17, 15) is 4.79 Å². The van der Waals surface area contributed by atoms with Gasteiger partial charge in [0.15, 0.2) is 0 Å². The Morgan fingerprint density at radius 2 is 1.93 bits per heavy atom. The Morgan fingerprint density at radius 1 is 1.36 bits per heavy atom. The van der Waals surface area contributed by atoms with E-state index in [2.05, 4.69) is 19.6 Å². The number of rotatable bonds is 6. The van der Waals surface area contributed by atoms with Crippen LogP contribution in [0.2, 0.25) is 0 Å². The predicted molar refractivity (Wildman–Crippen MR) is 64.8 cm³/mol. The van der Waals surface area contributed by atoms with Gasteiger partial charge in [-0.15, -0.1) is 0 Å². The molecule has 0 bridgehead atoms. The van der Waals surface area contributed by atoms with Gasteiger partial charge in [0, 0.05) is 13.6 Å². The summed E-state index contributed by atoms with van der Waals surface area (Å²) in [6.45, 7) is 7.07. The van der Waals surface area contributed by atoms with E-state index in [1.54, 1.807) is 4.90 Å². The topological polar surface area (TPSA) is 20.3 Å². The van der Waals surface area contributed by atoms with Crippen molar-refractivity contribution in [1.29, 1.82) is 0 Å². The largest absolute Gasteiger partial charge is 0.345 e. The van der Waals surface area contributed by atoms with Crippen LogP contribution in [0.5, 0.6) is 0 Å². The van der Waals surface area contributed by atoms with Gasteiger partial charge in [0.1, 0.15) is 0 Å². The van der Waals surface area contributed by atoms with Crippen LogP contribution in [0.4, 0.5) is 0 Å². The molecule has 0 aliphatic rings. The first-order chi connectivity index (χ1) is 6.50. The zero-order valence-electron chi connectivity index (χ0n) is 9.79. The molecular weight excluding hydrogens is 194 g/mol. The van der Waals surface area contributed by atoms with Gasteiger partial charge < -0.3 is 4.90 Å². The number of carbonyl (C=O) groups excluding carboxylic acids is 1. The van der Waals surface area contributed by atoms with Crippen LogP contribution >= 0.6 is 12.6 Å². The Kier molecular flexibility index (Phi) is 7.06. The maximum Gasteiger partial charge on any atom is 0.235 e. The summed E-state index contributed by atoms with van der Waals surface area (Å²) in [6, 6.07) is 0. The number of thiol groups is 1. The van der Waals surface area contributed by atoms with Crippen molar-refractivity contribution in [2.75, 3.05) is 13.6 Å². The van der Waals surface area contributed by atoms with Crippen LogP contribution in [0.3, 0.4) is 0 Å². The number of carbonyl (C=O) groups is 1. The molecule has 0 spiro atoms. The minimum absolute atomic E-state index is 0.151. The quantitative estimate of drug-likeness (QED) is 0.535. The molecule has 2 nitrogen and oxygen atoms in total. The fourth-order valence-corrected chi connectivity index (χ4v) is 1.42. The van der Waals surface area contributed by atoms with Crippen LogP contribution in [0.15, 0.2) is 0 Å². The molecule has 0 aromatic rings. The maximum absolute atomic E-state index is 11.7. The van der Waals surface area contributed by atoms with Gasteiger partial charge in [0.25, 0.3) is 0 Å². The summed E-state index contributed by atoms with van der Waals surface area (Å²) < 4.78 is 0. The van der Waals surface area contributed by atoms with Crippen molar-refractivity contribution in [3.8, 4) is 0 Å². The minimum atomic E-state index is -0.151. The van der Waals surface area contributed by atoms with Crippen LogP contribution in [0.25, 0.3) is 0 Å². The molecule has 0 saturated heterocycles. The molecule has 1 amide bonds. The van der Waals surface area contributed by atoms with Crippen LogP contribution in [-0.4, -0.2) is 29.6 Å². The van der Waals surface area contributed by atoms with Crippen molar-refractivity contribution in [3.63, 3.8) is 0 Å². The van der Waals surface area contributed by atoms with Gasteiger partial charge in [-0.05, 0) is 12.3 Å². The number of amides is 1. The van der Waals surface area contributed by atoms with Crippen molar-refractivity contribution < 1.29 is 4.79 Å². The molecule has 0 rings (SSSR count). The molecule has 84 valence electrons. The molecule has 0 fully saturated rings. The third kappa shape index (κ3) is 4.89. The Bertz CT molecular complexity index is 171. The molecule has 0 aliphatic heterocycles. The van der Waals surface area contributed by atoms with Crippen molar-refractivity contribution in [3.05, 3.63) is 0 Å². The fourth-order valence-electron chi connectivity index (χ4n) is 1.22. The van der Waals surface area contributed by atoms with E-state index in [1.807, 2.05) is 20.9 Å². The lowest BCUT2D eigenvalue weighted by Crippen LogP contribution is -2.36. The highest BCUT2D eigenvalue weighted by atomic mass is 32.1. The van der Waals surface area contributed by atoms with E-state index in [-0.39, 0.29) is 11.2 Å². The molecule has 0 saturated carbocycles. The predicted octanol–water partition coefficient (Wildman–Crippen LogP) is 2.59. The Morgan fingerprint density at radius 3 is 2.36 bits per heavy atom. The van der Waals surface area contributed by atoms with Crippen molar-refractivity contribution in [2.24, 2.45) is 5.92 Å². The third-order valence-corrected chi connectivity index (χ3v) is 3.17. The standard InChI is InChI=1S/C11H23NOS/c1-5-6-7-8-12(4)11(13)10(14)9(2)3/h9-10,14H,5-8H2,1-4H3. The van der Waals surface area contributed by atoms with Gasteiger partial charge in [-0.2, -0.15) is 12.6 Å². The highest BCUT2D eigenvalue weighted by molar-refractivity contribution is 7.81.